The predicted molar refractivity (Wildman–Crippen MR) is 104 cm³/mol. The minimum atomic E-state index is -0.0559. The molecule has 3 heterocycles. The molecule has 0 saturated carbocycles. The van der Waals surface area contributed by atoms with Crippen LogP contribution in [0.2, 0.25) is 0 Å². The number of thiazole rings is 1. The molecule has 6 heteroatoms. The van der Waals surface area contributed by atoms with Gasteiger partial charge in [-0.1, -0.05) is 30.3 Å². The highest BCUT2D eigenvalue weighted by atomic mass is 32.1. The van der Waals surface area contributed by atoms with Crippen LogP contribution in [0.25, 0.3) is 10.6 Å². The Morgan fingerprint density at radius 2 is 2.15 bits per heavy atom. The maximum absolute atomic E-state index is 11.7. The summed E-state index contributed by atoms with van der Waals surface area (Å²) in [6.07, 6.45) is 4.21. The quantitative estimate of drug-likeness (QED) is 0.767. The second-order valence-electron chi connectivity index (χ2n) is 6.83. The minimum absolute atomic E-state index is 0.0559. The molecule has 0 aliphatic carbocycles. The first-order chi connectivity index (χ1) is 12.7. The van der Waals surface area contributed by atoms with Crippen molar-refractivity contribution in [2.75, 3.05) is 13.1 Å². The zero-order valence-corrected chi connectivity index (χ0v) is 15.6. The molecule has 1 N–H and O–H groups in total. The molecule has 5 nitrogen and oxygen atoms in total. The van der Waals surface area contributed by atoms with Crippen LogP contribution >= 0.6 is 11.3 Å². The van der Waals surface area contributed by atoms with E-state index in [9.17, 15) is 4.79 Å². The Morgan fingerprint density at radius 1 is 1.31 bits per heavy atom. The van der Waals surface area contributed by atoms with Crippen LogP contribution in [0, 0.1) is 6.92 Å². The third-order valence-corrected chi connectivity index (χ3v) is 5.79. The SMILES string of the molecule is Cc1nc([C@H]2CCCN(Cc3cnc(-c4ccccc4)s3)C2)cc(=O)[nH]1. The molecule has 1 fully saturated rings. The lowest BCUT2D eigenvalue weighted by atomic mass is 9.94. The molecular formula is C20H22N4OS. The Bertz CT molecular complexity index is 934. The number of benzene rings is 1. The van der Waals surface area contributed by atoms with Crippen LogP contribution in [-0.2, 0) is 6.54 Å². The van der Waals surface area contributed by atoms with Gasteiger partial charge in [-0.05, 0) is 26.3 Å². The molecule has 3 aromatic rings. The molecule has 1 aliphatic rings. The van der Waals surface area contributed by atoms with E-state index in [4.69, 9.17) is 0 Å². The molecular weight excluding hydrogens is 344 g/mol. The molecule has 0 bridgehead atoms. The summed E-state index contributed by atoms with van der Waals surface area (Å²) in [5, 5.41) is 1.07. The molecule has 4 rings (SSSR count). The standard InChI is InChI=1S/C20H22N4OS/c1-14-22-18(10-19(25)23-14)16-8-5-9-24(12-16)13-17-11-21-20(26-17)15-6-3-2-4-7-15/h2-4,6-7,10-11,16H,5,8-9,12-13H2,1H3,(H,22,23,25)/t16-/m0/s1. The average Bonchev–Trinajstić information content (AvgIpc) is 3.10. The van der Waals surface area contributed by atoms with Gasteiger partial charge in [-0.15, -0.1) is 11.3 Å². The first-order valence-corrected chi connectivity index (χ1v) is 9.79. The fraction of sp³-hybridized carbons (Fsp3) is 0.350. The van der Waals surface area contributed by atoms with E-state index in [-0.39, 0.29) is 5.56 Å². The summed E-state index contributed by atoms with van der Waals surface area (Å²) < 4.78 is 0. The second-order valence-corrected chi connectivity index (χ2v) is 7.94. The van der Waals surface area contributed by atoms with Crippen LogP contribution in [0.5, 0.6) is 0 Å². The van der Waals surface area contributed by atoms with Crippen molar-refractivity contribution in [3.05, 3.63) is 69.3 Å². The molecule has 0 amide bonds. The summed E-state index contributed by atoms with van der Waals surface area (Å²) in [5.74, 6) is 1.02. The molecule has 1 aliphatic heterocycles. The molecule has 0 radical (unpaired) electrons. The van der Waals surface area contributed by atoms with Gasteiger partial charge < -0.3 is 4.98 Å². The van der Waals surface area contributed by atoms with E-state index < -0.39 is 0 Å². The Morgan fingerprint density at radius 3 is 2.96 bits per heavy atom. The lowest BCUT2D eigenvalue weighted by Gasteiger charge is -2.32. The smallest absolute Gasteiger partial charge is 0.251 e. The third-order valence-electron chi connectivity index (χ3n) is 4.76. The lowest BCUT2D eigenvalue weighted by molar-refractivity contribution is 0.200. The van der Waals surface area contributed by atoms with Gasteiger partial charge in [-0.25, -0.2) is 9.97 Å². The van der Waals surface area contributed by atoms with Gasteiger partial charge in [0.1, 0.15) is 10.8 Å². The monoisotopic (exact) mass is 366 g/mol. The van der Waals surface area contributed by atoms with Crippen LogP contribution in [-0.4, -0.2) is 32.9 Å². The summed E-state index contributed by atoms with van der Waals surface area (Å²) >= 11 is 1.76. The predicted octanol–water partition coefficient (Wildman–Crippen LogP) is 3.58. The average molecular weight is 366 g/mol. The largest absolute Gasteiger partial charge is 0.311 e. The zero-order valence-electron chi connectivity index (χ0n) is 14.8. The van der Waals surface area contributed by atoms with Gasteiger partial charge in [0.15, 0.2) is 0 Å². The maximum Gasteiger partial charge on any atom is 0.251 e. The third kappa shape index (κ3) is 3.92. The van der Waals surface area contributed by atoms with Gasteiger partial charge in [-0.2, -0.15) is 0 Å². The highest BCUT2D eigenvalue weighted by Gasteiger charge is 2.23. The topological polar surface area (TPSA) is 61.9 Å². The molecule has 26 heavy (non-hydrogen) atoms. The van der Waals surface area contributed by atoms with Crippen molar-refractivity contribution in [1.29, 1.82) is 0 Å². The van der Waals surface area contributed by atoms with Crippen molar-refractivity contribution in [3.8, 4) is 10.6 Å². The van der Waals surface area contributed by atoms with Gasteiger partial charge in [-0.3, -0.25) is 9.69 Å². The van der Waals surface area contributed by atoms with Crippen LogP contribution in [0.4, 0.5) is 0 Å². The molecule has 134 valence electrons. The molecule has 1 atom stereocenters. The molecule has 0 unspecified atom stereocenters. The number of nitrogens with zero attached hydrogens (tertiary/aromatic N) is 3. The highest BCUT2D eigenvalue weighted by molar-refractivity contribution is 7.15. The number of hydrogen-bond acceptors (Lipinski definition) is 5. The lowest BCUT2D eigenvalue weighted by Crippen LogP contribution is -2.34. The van der Waals surface area contributed by atoms with Crippen molar-refractivity contribution in [1.82, 2.24) is 19.9 Å². The van der Waals surface area contributed by atoms with Gasteiger partial charge in [0.05, 0.1) is 5.69 Å². The molecule has 2 aromatic heterocycles. The van der Waals surface area contributed by atoms with Crippen LogP contribution in [0.3, 0.4) is 0 Å². The second kappa shape index (κ2) is 7.51. The minimum Gasteiger partial charge on any atom is -0.311 e. The molecule has 1 saturated heterocycles. The summed E-state index contributed by atoms with van der Waals surface area (Å²) in [6.45, 7) is 4.77. The Balaban J connectivity index is 1.45. The summed E-state index contributed by atoms with van der Waals surface area (Å²) in [7, 11) is 0. The number of hydrogen-bond donors (Lipinski definition) is 1. The maximum atomic E-state index is 11.7. The fourth-order valence-corrected chi connectivity index (χ4v) is 4.53. The Labute approximate surface area is 156 Å². The highest BCUT2D eigenvalue weighted by Crippen LogP contribution is 2.29. The number of likely N-dealkylation sites (tertiary alicyclic amines) is 1. The molecule has 1 aromatic carbocycles. The van der Waals surface area contributed by atoms with Gasteiger partial charge in [0, 0.05) is 41.7 Å². The van der Waals surface area contributed by atoms with Gasteiger partial charge in [0.25, 0.3) is 5.56 Å². The summed E-state index contributed by atoms with van der Waals surface area (Å²) in [4.78, 5) is 27.3. The number of aromatic amines is 1. The van der Waals surface area contributed by atoms with Gasteiger partial charge >= 0.3 is 0 Å². The van der Waals surface area contributed by atoms with Crippen molar-refractivity contribution >= 4 is 11.3 Å². The van der Waals surface area contributed by atoms with Crippen molar-refractivity contribution in [2.45, 2.75) is 32.2 Å². The van der Waals surface area contributed by atoms with E-state index >= 15 is 0 Å². The number of aromatic nitrogens is 3. The van der Waals surface area contributed by atoms with E-state index in [2.05, 4.69) is 32.0 Å². The Kier molecular flexibility index (Phi) is 4.95. The number of rotatable bonds is 4. The first kappa shape index (κ1) is 17.1. The summed E-state index contributed by atoms with van der Waals surface area (Å²) in [5.41, 5.74) is 2.04. The van der Waals surface area contributed by atoms with Gasteiger partial charge in [0.2, 0.25) is 0 Å². The number of piperidine rings is 1. The van der Waals surface area contributed by atoms with E-state index in [1.165, 1.54) is 10.4 Å². The van der Waals surface area contributed by atoms with Crippen molar-refractivity contribution in [3.63, 3.8) is 0 Å². The first-order valence-electron chi connectivity index (χ1n) is 8.98. The van der Waals surface area contributed by atoms with E-state index in [1.54, 1.807) is 17.4 Å². The van der Waals surface area contributed by atoms with Crippen molar-refractivity contribution in [2.24, 2.45) is 0 Å². The fourth-order valence-electron chi connectivity index (χ4n) is 3.57. The molecule has 0 spiro atoms. The van der Waals surface area contributed by atoms with E-state index in [1.807, 2.05) is 31.3 Å². The summed E-state index contributed by atoms with van der Waals surface area (Å²) in [6, 6.07) is 12.0. The van der Waals surface area contributed by atoms with Crippen LogP contribution in [0.15, 0.2) is 47.4 Å². The zero-order chi connectivity index (χ0) is 17.9. The van der Waals surface area contributed by atoms with Crippen molar-refractivity contribution < 1.29 is 0 Å². The number of nitrogens with one attached hydrogen (secondary N) is 1. The number of aryl methyl sites for hydroxylation is 1. The van der Waals surface area contributed by atoms with Crippen LogP contribution < -0.4 is 5.56 Å². The number of H-pyrrole nitrogens is 1. The van der Waals surface area contributed by atoms with E-state index in [0.29, 0.717) is 11.7 Å². The Hall–Kier alpha value is -2.31. The normalized spacial score (nSPS) is 18.1. The van der Waals surface area contributed by atoms with Crippen LogP contribution in [0.1, 0.15) is 35.2 Å². The van der Waals surface area contributed by atoms with E-state index in [0.717, 1.165) is 43.2 Å².